The molecule has 7 heteroatoms. The molecule has 3 aromatic rings. The molecular formula is C20H20BrN3O3. The summed E-state index contributed by atoms with van der Waals surface area (Å²) in [7, 11) is 0. The van der Waals surface area contributed by atoms with Crippen molar-refractivity contribution < 1.29 is 14.3 Å². The van der Waals surface area contributed by atoms with Gasteiger partial charge in [0.15, 0.2) is 11.5 Å². The Morgan fingerprint density at radius 3 is 2.96 bits per heavy atom. The van der Waals surface area contributed by atoms with E-state index < -0.39 is 0 Å². The van der Waals surface area contributed by atoms with Gasteiger partial charge in [-0.15, -0.1) is 0 Å². The Labute approximate surface area is 165 Å². The number of halogens is 1. The number of nitrogens with one attached hydrogen (secondary N) is 1. The van der Waals surface area contributed by atoms with E-state index in [1.807, 2.05) is 25.1 Å². The molecule has 0 spiro atoms. The number of rotatable bonds is 5. The van der Waals surface area contributed by atoms with E-state index in [2.05, 4.69) is 36.9 Å². The summed E-state index contributed by atoms with van der Waals surface area (Å²) < 4.78 is 14.1. The average molecular weight is 430 g/mol. The number of aryl methyl sites for hydroxylation is 2. The van der Waals surface area contributed by atoms with Crippen molar-refractivity contribution in [2.45, 2.75) is 19.9 Å². The molecular weight excluding hydrogens is 410 g/mol. The third kappa shape index (κ3) is 3.64. The van der Waals surface area contributed by atoms with Crippen molar-refractivity contribution in [2.75, 3.05) is 19.8 Å². The quantitative estimate of drug-likeness (QED) is 0.627. The Morgan fingerprint density at radius 2 is 2.07 bits per heavy atom. The van der Waals surface area contributed by atoms with Crippen LogP contribution >= 0.6 is 15.9 Å². The van der Waals surface area contributed by atoms with Gasteiger partial charge in [0, 0.05) is 18.7 Å². The lowest BCUT2D eigenvalue weighted by Crippen LogP contribution is -2.26. The highest BCUT2D eigenvalue weighted by Gasteiger charge is 2.18. The maximum absolute atomic E-state index is 12.5. The van der Waals surface area contributed by atoms with E-state index in [1.54, 1.807) is 12.1 Å². The molecule has 0 fully saturated rings. The molecule has 0 aliphatic carbocycles. The van der Waals surface area contributed by atoms with Gasteiger partial charge >= 0.3 is 0 Å². The molecule has 27 heavy (non-hydrogen) atoms. The summed E-state index contributed by atoms with van der Waals surface area (Å²) in [5.74, 6) is 2.11. The van der Waals surface area contributed by atoms with Gasteiger partial charge in [-0.05, 0) is 53.5 Å². The largest absolute Gasteiger partial charge is 0.486 e. The second-order valence-electron chi connectivity index (χ2n) is 6.39. The number of carbonyl (C=O) groups is 1. The van der Waals surface area contributed by atoms with Crippen LogP contribution in [-0.4, -0.2) is 35.2 Å². The minimum Gasteiger partial charge on any atom is -0.486 e. The minimum atomic E-state index is -0.125. The predicted molar refractivity (Wildman–Crippen MR) is 107 cm³/mol. The van der Waals surface area contributed by atoms with Crippen LogP contribution in [0.2, 0.25) is 0 Å². The Hall–Kier alpha value is -2.54. The predicted octanol–water partition coefficient (Wildman–Crippen LogP) is 3.70. The van der Waals surface area contributed by atoms with Gasteiger partial charge in [0.25, 0.3) is 5.91 Å². The molecule has 6 nitrogen and oxygen atoms in total. The molecule has 2 heterocycles. The van der Waals surface area contributed by atoms with Crippen molar-refractivity contribution in [3.8, 4) is 11.5 Å². The molecule has 0 bridgehead atoms. The van der Waals surface area contributed by atoms with Gasteiger partial charge in [0.2, 0.25) is 0 Å². The van der Waals surface area contributed by atoms with Gasteiger partial charge in [-0.1, -0.05) is 12.1 Å². The lowest BCUT2D eigenvalue weighted by Gasteiger charge is -2.20. The van der Waals surface area contributed by atoms with Crippen molar-refractivity contribution in [1.29, 1.82) is 0 Å². The molecule has 1 aliphatic rings. The van der Waals surface area contributed by atoms with E-state index in [4.69, 9.17) is 9.47 Å². The van der Waals surface area contributed by atoms with Crippen LogP contribution in [0.4, 0.5) is 0 Å². The van der Waals surface area contributed by atoms with Crippen LogP contribution in [0.3, 0.4) is 0 Å². The highest BCUT2D eigenvalue weighted by atomic mass is 79.9. The molecule has 1 amide bonds. The van der Waals surface area contributed by atoms with Crippen LogP contribution in [0.15, 0.2) is 40.9 Å². The standard InChI is InChI=1S/C20H20BrN3O3/c1-13-23-16-5-2-3-6-17(16)24(13)8-4-7-22-20(25)14-11-15(21)19-18(12-14)26-9-10-27-19/h2-3,5-6,11-12H,4,7-10H2,1H3,(H,22,25). The van der Waals surface area contributed by atoms with Crippen molar-refractivity contribution >= 4 is 32.9 Å². The molecule has 0 atom stereocenters. The molecule has 0 radical (unpaired) electrons. The average Bonchev–Trinajstić information content (AvgIpc) is 3.00. The summed E-state index contributed by atoms with van der Waals surface area (Å²) in [5, 5.41) is 2.97. The topological polar surface area (TPSA) is 65.4 Å². The zero-order chi connectivity index (χ0) is 18.8. The number of nitrogens with zero attached hydrogens (tertiary/aromatic N) is 2. The summed E-state index contributed by atoms with van der Waals surface area (Å²) >= 11 is 3.44. The zero-order valence-electron chi connectivity index (χ0n) is 15.0. The number of fused-ring (bicyclic) bond motifs is 2. The summed E-state index contributed by atoms with van der Waals surface area (Å²) in [4.78, 5) is 17.0. The van der Waals surface area contributed by atoms with Crippen LogP contribution in [0.5, 0.6) is 11.5 Å². The Morgan fingerprint density at radius 1 is 1.26 bits per heavy atom. The molecule has 4 rings (SSSR count). The van der Waals surface area contributed by atoms with Crippen LogP contribution in [0, 0.1) is 6.92 Å². The van der Waals surface area contributed by atoms with Gasteiger partial charge in [-0.25, -0.2) is 4.98 Å². The van der Waals surface area contributed by atoms with Gasteiger partial charge in [0.05, 0.1) is 15.5 Å². The minimum absolute atomic E-state index is 0.125. The van der Waals surface area contributed by atoms with Crippen molar-refractivity contribution in [1.82, 2.24) is 14.9 Å². The number of ether oxygens (including phenoxy) is 2. The maximum Gasteiger partial charge on any atom is 0.251 e. The van der Waals surface area contributed by atoms with Crippen LogP contribution in [-0.2, 0) is 6.54 Å². The van der Waals surface area contributed by atoms with Gasteiger partial charge in [0.1, 0.15) is 19.0 Å². The molecule has 140 valence electrons. The first kappa shape index (κ1) is 17.9. The normalized spacial score (nSPS) is 13.0. The van der Waals surface area contributed by atoms with Crippen LogP contribution in [0.1, 0.15) is 22.6 Å². The number of benzene rings is 2. The van der Waals surface area contributed by atoms with Crippen molar-refractivity contribution in [2.24, 2.45) is 0 Å². The summed E-state index contributed by atoms with van der Waals surface area (Å²) in [6.07, 6.45) is 0.818. The third-order valence-corrected chi connectivity index (χ3v) is 5.14. The molecule has 0 saturated carbocycles. The van der Waals surface area contributed by atoms with Gasteiger partial charge in [-0.2, -0.15) is 0 Å². The Bertz CT molecular complexity index is 1000. The lowest BCUT2D eigenvalue weighted by molar-refractivity contribution is 0.0951. The molecule has 2 aromatic carbocycles. The van der Waals surface area contributed by atoms with E-state index >= 15 is 0 Å². The SMILES string of the molecule is Cc1nc2ccccc2n1CCCNC(=O)c1cc(Br)c2c(c1)OCCO2. The van der Waals surface area contributed by atoms with E-state index in [0.29, 0.717) is 36.8 Å². The lowest BCUT2D eigenvalue weighted by atomic mass is 10.2. The fourth-order valence-corrected chi connectivity index (χ4v) is 3.82. The highest BCUT2D eigenvalue weighted by molar-refractivity contribution is 9.10. The summed E-state index contributed by atoms with van der Waals surface area (Å²) in [6, 6.07) is 11.6. The van der Waals surface area contributed by atoms with E-state index in [1.165, 1.54) is 0 Å². The van der Waals surface area contributed by atoms with Crippen LogP contribution < -0.4 is 14.8 Å². The Balaban J connectivity index is 1.37. The maximum atomic E-state index is 12.5. The monoisotopic (exact) mass is 429 g/mol. The smallest absolute Gasteiger partial charge is 0.251 e. The number of imidazole rings is 1. The number of para-hydroxylation sites is 2. The van der Waals surface area contributed by atoms with E-state index in [0.717, 1.165) is 34.3 Å². The number of amides is 1. The van der Waals surface area contributed by atoms with Gasteiger partial charge < -0.3 is 19.4 Å². The first-order chi connectivity index (χ1) is 13.1. The second-order valence-corrected chi connectivity index (χ2v) is 7.25. The molecule has 1 N–H and O–H groups in total. The second kappa shape index (κ2) is 7.60. The summed E-state index contributed by atoms with van der Waals surface area (Å²) in [6.45, 7) is 4.39. The van der Waals surface area contributed by atoms with E-state index in [-0.39, 0.29) is 5.91 Å². The third-order valence-electron chi connectivity index (χ3n) is 4.55. The first-order valence-corrected chi connectivity index (χ1v) is 9.72. The molecule has 1 aliphatic heterocycles. The van der Waals surface area contributed by atoms with Crippen molar-refractivity contribution in [3.05, 3.63) is 52.3 Å². The molecule has 1 aromatic heterocycles. The number of aromatic nitrogens is 2. The first-order valence-electron chi connectivity index (χ1n) is 8.92. The van der Waals surface area contributed by atoms with Gasteiger partial charge in [-0.3, -0.25) is 4.79 Å². The summed E-state index contributed by atoms with van der Waals surface area (Å²) in [5.41, 5.74) is 2.67. The fraction of sp³-hybridized carbons (Fsp3) is 0.300. The molecule has 0 unspecified atom stereocenters. The fourth-order valence-electron chi connectivity index (χ4n) is 3.26. The highest BCUT2D eigenvalue weighted by Crippen LogP contribution is 2.38. The van der Waals surface area contributed by atoms with Crippen molar-refractivity contribution in [3.63, 3.8) is 0 Å². The van der Waals surface area contributed by atoms with E-state index in [9.17, 15) is 4.79 Å². The molecule has 0 saturated heterocycles. The number of hydrogen-bond donors (Lipinski definition) is 1. The Kier molecular flexibility index (Phi) is 5.03. The van der Waals surface area contributed by atoms with Crippen LogP contribution in [0.25, 0.3) is 11.0 Å². The number of hydrogen-bond acceptors (Lipinski definition) is 4. The zero-order valence-corrected chi connectivity index (χ0v) is 16.6. The number of carbonyl (C=O) groups excluding carboxylic acids is 1.